The van der Waals surface area contributed by atoms with Crippen molar-refractivity contribution in [2.45, 2.75) is 24.4 Å². The van der Waals surface area contributed by atoms with Gasteiger partial charge in [-0.3, -0.25) is 0 Å². The van der Waals surface area contributed by atoms with E-state index in [1.54, 1.807) is 21.3 Å². The third kappa shape index (κ3) is 7.88. The van der Waals surface area contributed by atoms with Crippen molar-refractivity contribution in [2.75, 3.05) is 47.6 Å². The first-order chi connectivity index (χ1) is 13.2. The maximum atomic E-state index is 11.4. The highest BCUT2D eigenvalue weighted by Gasteiger charge is 2.49. The summed E-state index contributed by atoms with van der Waals surface area (Å²) in [5, 5.41) is 0. The van der Waals surface area contributed by atoms with E-state index in [0.29, 0.717) is 0 Å². The quantitative estimate of drug-likeness (QED) is 0.290. The molecular formula is C12H24F6N2O7S2Si. The molecule has 2 atom stereocenters. The molecule has 1 saturated heterocycles. The van der Waals surface area contributed by atoms with Gasteiger partial charge in [0.2, 0.25) is 0 Å². The van der Waals surface area contributed by atoms with Crippen LogP contribution in [0, 0.1) is 5.92 Å². The summed E-state index contributed by atoms with van der Waals surface area (Å²) < 4.78 is 127. The van der Waals surface area contributed by atoms with Crippen LogP contribution >= 0.6 is 0 Å². The SMILES string of the molecule is CO[Si](C[N+]1(C)CCC(C)C1)(OC)OC.O=S(=O)([N-]S(=O)(=O)C(F)(F)F)C(F)(F)F. The highest BCUT2D eigenvalue weighted by Crippen LogP contribution is 2.36. The largest absolute Gasteiger partial charge is 0.558 e. The zero-order chi connectivity index (χ0) is 24.2. The molecule has 0 spiro atoms. The fraction of sp³-hybridized carbons (Fsp3) is 1.00. The predicted octanol–water partition coefficient (Wildman–Crippen LogP) is 1.95. The molecule has 0 N–H and O–H groups in total. The normalized spacial score (nSPS) is 23.8. The number of hydrogen-bond acceptors (Lipinski definition) is 7. The van der Waals surface area contributed by atoms with E-state index < -0.39 is 39.9 Å². The Labute approximate surface area is 172 Å². The summed E-state index contributed by atoms with van der Waals surface area (Å²) in [6, 6.07) is 0. The summed E-state index contributed by atoms with van der Waals surface area (Å²) in [5.74, 6) is 0.798. The van der Waals surface area contributed by atoms with Crippen LogP contribution in [0.3, 0.4) is 0 Å². The Morgan fingerprint density at radius 1 is 0.933 bits per heavy atom. The Balaban J connectivity index is 0.000000561. The van der Waals surface area contributed by atoms with Crippen molar-refractivity contribution in [1.82, 2.24) is 0 Å². The van der Waals surface area contributed by atoms with Crippen LogP contribution in [0.4, 0.5) is 26.3 Å². The summed E-state index contributed by atoms with van der Waals surface area (Å²) in [4.78, 5) is 0. The fourth-order valence-electron chi connectivity index (χ4n) is 2.74. The van der Waals surface area contributed by atoms with Crippen molar-refractivity contribution in [3.05, 3.63) is 4.13 Å². The van der Waals surface area contributed by atoms with Gasteiger partial charge in [0.25, 0.3) is 0 Å². The van der Waals surface area contributed by atoms with E-state index in [2.05, 4.69) is 14.0 Å². The average molecular weight is 515 g/mol. The molecule has 0 aromatic rings. The molecule has 0 aliphatic carbocycles. The lowest BCUT2D eigenvalue weighted by atomic mass is 10.2. The van der Waals surface area contributed by atoms with Crippen molar-refractivity contribution < 1.29 is 60.9 Å². The Bertz CT molecular complexity index is 721. The molecule has 0 amide bonds. The Morgan fingerprint density at radius 3 is 1.53 bits per heavy atom. The lowest BCUT2D eigenvalue weighted by molar-refractivity contribution is -0.891. The molecule has 1 aliphatic heterocycles. The van der Waals surface area contributed by atoms with Gasteiger partial charge in [-0.2, -0.15) is 26.3 Å². The maximum Gasteiger partial charge on any atom is 0.558 e. The molecule has 1 aliphatic rings. The first-order valence-electron chi connectivity index (χ1n) is 8.05. The molecule has 30 heavy (non-hydrogen) atoms. The third-order valence-corrected chi connectivity index (χ3v) is 9.96. The minimum Gasteiger partial charge on any atom is -0.421 e. The van der Waals surface area contributed by atoms with E-state index in [-0.39, 0.29) is 0 Å². The van der Waals surface area contributed by atoms with E-state index >= 15 is 0 Å². The van der Waals surface area contributed by atoms with Gasteiger partial charge >= 0.3 is 19.8 Å². The van der Waals surface area contributed by atoms with Crippen molar-refractivity contribution in [3.63, 3.8) is 0 Å². The van der Waals surface area contributed by atoms with Crippen molar-refractivity contribution >= 4 is 28.9 Å². The minimum absolute atomic E-state index is 0.778. The van der Waals surface area contributed by atoms with Crippen LogP contribution in [0.5, 0.6) is 0 Å². The molecule has 0 saturated carbocycles. The Kier molecular flexibility index (Phi) is 9.80. The van der Waals surface area contributed by atoms with Gasteiger partial charge in [-0.15, -0.1) is 0 Å². The van der Waals surface area contributed by atoms with Gasteiger partial charge in [-0.05, 0) is 0 Å². The second kappa shape index (κ2) is 9.97. The zero-order valence-corrected chi connectivity index (χ0v) is 19.4. The summed E-state index contributed by atoms with van der Waals surface area (Å²) in [7, 11) is -8.53. The number of alkyl halides is 6. The summed E-state index contributed by atoms with van der Waals surface area (Å²) >= 11 is 0. The molecule has 0 radical (unpaired) electrons. The van der Waals surface area contributed by atoms with Gasteiger partial charge in [0, 0.05) is 33.7 Å². The van der Waals surface area contributed by atoms with E-state index in [1.165, 1.54) is 19.5 Å². The minimum atomic E-state index is -6.72. The van der Waals surface area contributed by atoms with Crippen LogP contribution in [0.25, 0.3) is 4.13 Å². The molecule has 0 aromatic carbocycles. The monoisotopic (exact) mass is 514 g/mol. The summed E-state index contributed by atoms with van der Waals surface area (Å²) in [6.45, 7) is 4.70. The zero-order valence-electron chi connectivity index (χ0n) is 16.7. The van der Waals surface area contributed by atoms with Crippen LogP contribution in [0.2, 0.25) is 0 Å². The molecule has 0 aromatic heterocycles. The van der Waals surface area contributed by atoms with Crippen molar-refractivity contribution in [2.24, 2.45) is 5.92 Å². The number of hydrogen-bond donors (Lipinski definition) is 0. The number of sulfonamides is 2. The smallest absolute Gasteiger partial charge is 0.421 e. The third-order valence-electron chi connectivity index (χ3n) is 4.20. The highest BCUT2D eigenvalue weighted by atomic mass is 32.3. The molecule has 18 heteroatoms. The molecule has 0 bridgehead atoms. The average Bonchev–Trinajstić information content (AvgIpc) is 2.89. The standard InChI is InChI=1S/C10H24NO3Si.C2F6NO4S2/c1-10-6-7-11(2,8-10)9-15(12-3,13-4)14-5;3-1(4,5)14(10,11)9-15(12,13)2(6,7)8/h10H,6-9H2,1-5H3;/q+1;-1. The van der Waals surface area contributed by atoms with E-state index in [1.807, 2.05) is 0 Å². The van der Waals surface area contributed by atoms with Crippen molar-refractivity contribution in [1.29, 1.82) is 0 Å². The van der Waals surface area contributed by atoms with Crippen molar-refractivity contribution in [3.8, 4) is 0 Å². The fourth-order valence-corrected chi connectivity index (χ4v) is 6.55. The van der Waals surface area contributed by atoms with E-state index in [9.17, 15) is 43.2 Å². The van der Waals surface area contributed by atoms with Gasteiger partial charge < -0.3 is 21.9 Å². The van der Waals surface area contributed by atoms with Gasteiger partial charge in [-0.1, -0.05) is 6.92 Å². The van der Waals surface area contributed by atoms with E-state index in [0.717, 1.165) is 20.7 Å². The van der Waals surface area contributed by atoms with Crippen LogP contribution in [0.15, 0.2) is 0 Å². The second-order valence-electron chi connectivity index (χ2n) is 6.79. The molecule has 2 unspecified atom stereocenters. The number of nitrogens with zero attached hydrogens (tertiary/aromatic N) is 2. The maximum absolute atomic E-state index is 11.4. The molecule has 1 rings (SSSR count). The lowest BCUT2D eigenvalue weighted by Crippen LogP contribution is -2.59. The first kappa shape index (κ1) is 29.5. The first-order valence-corrected chi connectivity index (χ1v) is 12.9. The summed E-state index contributed by atoms with van der Waals surface area (Å²) in [5.41, 5.74) is -12.4. The van der Waals surface area contributed by atoms with Crippen LogP contribution in [0.1, 0.15) is 13.3 Å². The van der Waals surface area contributed by atoms with E-state index in [4.69, 9.17) is 13.3 Å². The van der Waals surface area contributed by atoms with Gasteiger partial charge in [0.15, 0.2) is 20.0 Å². The number of quaternary nitrogens is 1. The number of likely N-dealkylation sites (tertiary alicyclic amines) is 1. The van der Waals surface area contributed by atoms with Crippen LogP contribution in [-0.4, -0.2) is 88.8 Å². The summed E-state index contributed by atoms with van der Waals surface area (Å²) in [6.07, 6.45) is 2.17. The van der Waals surface area contributed by atoms with Gasteiger partial charge in [0.1, 0.15) is 6.17 Å². The Hall–Kier alpha value is -0.503. The van der Waals surface area contributed by atoms with Gasteiger partial charge in [-0.25, -0.2) is 16.8 Å². The molecule has 1 heterocycles. The molecular weight excluding hydrogens is 490 g/mol. The highest BCUT2D eigenvalue weighted by molar-refractivity contribution is 8.13. The second-order valence-corrected chi connectivity index (χ2v) is 13.1. The molecule has 182 valence electrons. The van der Waals surface area contributed by atoms with Gasteiger partial charge in [0.05, 0.1) is 20.1 Å². The lowest BCUT2D eigenvalue weighted by Gasteiger charge is -2.35. The molecule has 9 nitrogen and oxygen atoms in total. The molecule has 1 fully saturated rings. The van der Waals surface area contributed by atoms with Crippen LogP contribution in [-0.2, 0) is 33.3 Å². The predicted molar refractivity (Wildman–Crippen MR) is 94.7 cm³/mol. The number of rotatable bonds is 7. The Morgan fingerprint density at radius 2 is 1.30 bits per heavy atom. The topological polar surface area (TPSA) is 110 Å². The number of halogens is 6. The van der Waals surface area contributed by atoms with Crippen LogP contribution < -0.4 is 0 Å².